The Labute approximate surface area is 193 Å². The van der Waals surface area contributed by atoms with Gasteiger partial charge in [0.2, 0.25) is 5.91 Å². The molecule has 1 N–H and O–H groups in total. The third-order valence-corrected chi connectivity index (χ3v) is 7.13. The summed E-state index contributed by atoms with van der Waals surface area (Å²) in [5.41, 5.74) is -0.547. The van der Waals surface area contributed by atoms with Gasteiger partial charge in [-0.1, -0.05) is 0 Å². The summed E-state index contributed by atoms with van der Waals surface area (Å²) in [5, 5.41) is 6.18. The number of sulfone groups is 1. The number of nitrogens with zero attached hydrogens (tertiary/aromatic N) is 4. The van der Waals surface area contributed by atoms with Crippen molar-refractivity contribution in [3.05, 3.63) is 29.7 Å². The van der Waals surface area contributed by atoms with Crippen molar-refractivity contribution < 1.29 is 35.3 Å². The second-order valence-corrected chi connectivity index (χ2v) is 10.4. The molecule has 34 heavy (non-hydrogen) atoms. The fourth-order valence-corrected chi connectivity index (χ4v) is 4.93. The number of alkyl halides is 2. The van der Waals surface area contributed by atoms with Crippen molar-refractivity contribution in [2.75, 3.05) is 36.1 Å². The van der Waals surface area contributed by atoms with Crippen LogP contribution in [0.1, 0.15) is 38.0 Å². The van der Waals surface area contributed by atoms with Gasteiger partial charge < -0.3 is 19.6 Å². The van der Waals surface area contributed by atoms with Crippen molar-refractivity contribution in [1.82, 2.24) is 15.0 Å². The van der Waals surface area contributed by atoms with Crippen molar-refractivity contribution >= 4 is 27.4 Å². The van der Waals surface area contributed by atoms with E-state index in [0.717, 1.165) is 18.4 Å². The van der Waals surface area contributed by atoms with Gasteiger partial charge in [0.25, 0.3) is 11.8 Å². The van der Waals surface area contributed by atoms with Crippen molar-refractivity contribution in [3.8, 4) is 0 Å². The average Bonchev–Trinajstić information content (AvgIpc) is 3.27. The van der Waals surface area contributed by atoms with E-state index in [4.69, 9.17) is 0 Å². The molecule has 2 fully saturated rings. The summed E-state index contributed by atoms with van der Waals surface area (Å²) in [4.78, 5) is 19.7. The largest absolute Gasteiger partial charge is 0.369 e. The number of aromatic nitrogens is 2. The summed E-state index contributed by atoms with van der Waals surface area (Å²) in [6, 6.07) is 0.431. The summed E-state index contributed by atoms with van der Waals surface area (Å²) in [6.45, 7) is 1.33. The van der Waals surface area contributed by atoms with Crippen molar-refractivity contribution in [2.24, 2.45) is 0 Å². The normalized spacial score (nSPS) is 20.3. The maximum atomic E-state index is 14.5. The minimum absolute atomic E-state index is 0.0711. The quantitative estimate of drug-likeness (QED) is 0.597. The lowest BCUT2D eigenvalue weighted by Crippen LogP contribution is -2.55. The highest BCUT2D eigenvalue weighted by Gasteiger charge is 2.36. The Bertz CT molecular complexity index is 1140. The van der Waals surface area contributed by atoms with Gasteiger partial charge in [-0.05, 0) is 43.0 Å². The molecular formula is C20H23F4N5O4S. The minimum Gasteiger partial charge on any atom is -0.369 e. The van der Waals surface area contributed by atoms with Crippen LogP contribution < -0.4 is 10.2 Å². The summed E-state index contributed by atoms with van der Waals surface area (Å²) in [5.74, 6) is -3.18. The Kier molecular flexibility index (Phi) is 6.69. The van der Waals surface area contributed by atoms with Crippen LogP contribution in [-0.4, -0.2) is 67.3 Å². The summed E-state index contributed by atoms with van der Waals surface area (Å²) < 4.78 is 82.0. The zero-order chi connectivity index (χ0) is 24.6. The van der Waals surface area contributed by atoms with E-state index >= 15 is 0 Å². The van der Waals surface area contributed by atoms with Crippen LogP contribution in [-0.2, 0) is 14.6 Å². The second-order valence-electron chi connectivity index (χ2n) is 8.36. The molecule has 0 spiro atoms. The second kappa shape index (κ2) is 9.39. The molecular weight excluding hydrogens is 482 g/mol. The Morgan fingerprint density at radius 2 is 1.76 bits per heavy atom. The van der Waals surface area contributed by atoms with Gasteiger partial charge in [0.05, 0.1) is 4.90 Å². The molecule has 1 atom stereocenters. The van der Waals surface area contributed by atoms with Crippen LogP contribution in [0, 0.1) is 11.6 Å². The molecule has 0 saturated carbocycles. The number of carbonyl (C=O) groups excluding carboxylic acids is 1. The molecule has 0 radical (unpaired) electrons. The summed E-state index contributed by atoms with van der Waals surface area (Å²) in [7, 11) is -3.80. The summed E-state index contributed by atoms with van der Waals surface area (Å²) >= 11 is 0. The lowest BCUT2D eigenvalue weighted by Gasteiger charge is -2.42. The third-order valence-electron chi connectivity index (χ3n) is 6.04. The molecule has 0 unspecified atom stereocenters. The van der Waals surface area contributed by atoms with Crippen molar-refractivity contribution in [2.45, 2.75) is 49.1 Å². The van der Waals surface area contributed by atoms with Crippen LogP contribution in [0.25, 0.3) is 0 Å². The molecule has 3 heterocycles. The SMILES string of the molecule is CS(=O)(=O)c1cc(F)c(N[C@H]2CCCN(C3CCN(c4noc(C(F)F)n4)CC3)C2=O)c(F)c1. The number of hydrogen-bond acceptors (Lipinski definition) is 8. The fraction of sp³-hybridized carbons (Fsp3) is 0.550. The van der Waals surface area contributed by atoms with Gasteiger partial charge in [-0.3, -0.25) is 4.79 Å². The predicted octanol–water partition coefficient (Wildman–Crippen LogP) is 2.76. The third kappa shape index (κ3) is 4.95. The van der Waals surface area contributed by atoms with E-state index in [1.807, 2.05) is 0 Å². The van der Waals surface area contributed by atoms with Crippen molar-refractivity contribution in [3.63, 3.8) is 0 Å². The van der Waals surface area contributed by atoms with Crippen LogP contribution >= 0.6 is 0 Å². The first-order valence-electron chi connectivity index (χ1n) is 10.7. The van der Waals surface area contributed by atoms with E-state index in [1.54, 1.807) is 9.80 Å². The van der Waals surface area contributed by atoms with Crippen LogP contribution in [0.2, 0.25) is 0 Å². The number of carbonyl (C=O) groups is 1. The first-order valence-corrected chi connectivity index (χ1v) is 12.6. The number of benzene rings is 1. The monoisotopic (exact) mass is 505 g/mol. The standard InChI is InChI=1S/C20H23F4N5O4S/c1-34(31,32)12-9-13(21)16(14(22)10-12)25-15-3-2-6-29(19(15)30)11-4-7-28(8-5-11)20-26-18(17(23)24)33-27-20/h9-11,15,17,25H,2-8H2,1H3/t15-/m0/s1. The number of hydrogen-bond donors (Lipinski definition) is 1. The number of halogens is 4. The van der Waals surface area contributed by atoms with E-state index < -0.39 is 50.4 Å². The molecule has 2 aromatic rings. The fourth-order valence-electron chi connectivity index (χ4n) is 4.29. The molecule has 0 aliphatic carbocycles. The van der Waals surface area contributed by atoms with Crippen LogP contribution in [0.15, 0.2) is 21.6 Å². The average molecular weight is 505 g/mol. The van der Waals surface area contributed by atoms with Gasteiger partial charge in [0.15, 0.2) is 21.5 Å². The highest BCUT2D eigenvalue weighted by molar-refractivity contribution is 7.90. The Morgan fingerprint density at radius 1 is 1.12 bits per heavy atom. The summed E-state index contributed by atoms with van der Waals surface area (Å²) in [6.07, 6.45) is 0.0210. The Morgan fingerprint density at radius 3 is 2.32 bits per heavy atom. The number of rotatable bonds is 6. The number of amides is 1. The lowest BCUT2D eigenvalue weighted by molar-refractivity contribution is -0.137. The van der Waals surface area contributed by atoms with Crippen LogP contribution in [0.3, 0.4) is 0 Å². The topological polar surface area (TPSA) is 109 Å². The molecule has 0 bridgehead atoms. The Balaban J connectivity index is 1.41. The number of anilines is 2. The first-order chi connectivity index (χ1) is 16.0. The highest BCUT2D eigenvalue weighted by Crippen LogP contribution is 2.29. The van der Waals surface area contributed by atoms with E-state index in [9.17, 15) is 30.8 Å². The molecule has 2 saturated heterocycles. The molecule has 2 aliphatic heterocycles. The molecule has 1 amide bonds. The number of piperidine rings is 2. The zero-order valence-electron chi connectivity index (χ0n) is 18.2. The van der Waals surface area contributed by atoms with Gasteiger partial charge in [-0.25, -0.2) is 17.2 Å². The Hall–Kier alpha value is -2.90. The van der Waals surface area contributed by atoms with Crippen LogP contribution in [0.5, 0.6) is 0 Å². The lowest BCUT2D eigenvalue weighted by atomic mass is 9.97. The molecule has 186 valence electrons. The first kappa shape index (κ1) is 24.2. The van der Waals surface area contributed by atoms with Gasteiger partial charge in [-0.15, -0.1) is 0 Å². The molecule has 14 heteroatoms. The van der Waals surface area contributed by atoms with E-state index in [2.05, 4.69) is 20.0 Å². The minimum atomic E-state index is -3.80. The van der Waals surface area contributed by atoms with Crippen molar-refractivity contribution in [1.29, 1.82) is 0 Å². The van der Waals surface area contributed by atoms with Crippen LogP contribution in [0.4, 0.5) is 29.2 Å². The smallest absolute Gasteiger partial charge is 0.316 e. The van der Waals surface area contributed by atoms with Gasteiger partial charge in [0.1, 0.15) is 11.7 Å². The van der Waals surface area contributed by atoms with E-state index in [0.29, 0.717) is 45.3 Å². The maximum Gasteiger partial charge on any atom is 0.316 e. The van der Waals surface area contributed by atoms with E-state index in [-0.39, 0.29) is 17.9 Å². The molecule has 1 aromatic carbocycles. The van der Waals surface area contributed by atoms with Gasteiger partial charge in [-0.2, -0.15) is 13.8 Å². The highest BCUT2D eigenvalue weighted by atomic mass is 32.2. The molecule has 9 nitrogen and oxygen atoms in total. The number of likely N-dealkylation sites (tertiary alicyclic amines) is 1. The predicted molar refractivity (Wildman–Crippen MR) is 112 cm³/mol. The van der Waals surface area contributed by atoms with E-state index in [1.165, 1.54) is 0 Å². The molecule has 4 rings (SSSR count). The van der Waals surface area contributed by atoms with Gasteiger partial charge in [0, 0.05) is 31.9 Å². The van der Waals surface area contributed by atoms with Gasteiger partial charge >= 0.3 is 6.43 Å². The molecule has 1 aromatic heterocycles. The maximum absolute atomic E-state index is 14.5. The molecule has 2 aliphatic rings. The number of nitrogens with one attached hydrogen (secondary N) is 1. The zero-order valence-corrected chi connectivity index (χ0v) is 19.0.